The van der Waals surface area contributed by atoms with E-state index in [-0.39, 0.29) is 5.78 Å². The Morgan fingerprint density at radius 1 is 1.00 bits per heavy atom. The van der Waals surface area contributed by atoms with Crippen LogP contribution in [0.2, 0.25) is 0 Å². The van der Waals surface area contributed by atoms with E-state index in [1.54, 1.807) is 12.1 Å². The van der Waals surface area contributed by atoms with Crippen molar-refractivity contribution in [3.05, 3.63) is 95.4 Å². The number of Topliss-reactive ketones (excluding diaryl/α,β-unsaturated/α-hetero) is 1. The zero-order valence-electron chi connectivity index (χ0n) is 17.1. The van der Waals surface area contributed by atoms with Gasteiger partial charge in [-0.1, -0.05) is 48.9 Å². The lowest BCUT2D eigenvalue weighted by Gasteiger charge is -2.07. The highest BCUT2D eigenvalue weighted by Gasteiger charge is 2.20. The highest BCUT2D eigenvalue weighted by Crippen LogP contribution is 2.27. The minimum Gasteiger partial charge on any atom is -0.494 e. The zero-order chi connectivity index (χ0) is 20.9. The molecule has 0 N–H and O–H groups in total. The van der Waals surface area contributed by atoms with Gasteiger partial charge < -0.3 is 9.15 Å². The molecule has 0 spiro atoms. The predicted octanol–water partition coefficient (Wildman–Crippen LogP) is 6.35. The quantitative estimate of drug-likeness (QED) is 0.269. The number of benzene rings is 3. The number of hydrogen-bond acceptors (Lipinski definition) is 4. The van der Waals surface area contributed by atoms with Crippen LogP contribution in [0.25, 0.3) is 22.7 Å². The van der Waals surface area contributed by atoms with Gasteiger partial charge in [-0.05, 0) is 61.4 Å². The van der Waals surface area contributed by atoms with E-state index in [1.807, 2.05) is 73.7 Å². The SMILES string of the molecule is CCCOc1ccc(C(=O)C(=Cc2ccc(C)cc2)c2nc3ccccc3o2)cc1. The number of allylic oxidation sites excluding steroid dienone is 1. The first-order valence-electron chi connectivity index (χ1n) is 10.1. The number of carbonyl (C=O) groups is 1. The molecule has 0 radical (unpaired) electrons. The zero-order valence-corrected chi connectivity index (χ0v) is 17.1. The van der Waals surface area contributed by atoms with Crippen LogP contribution >= 0.6 is 0 Å². The summed E-state index contributed by atoms with van der Waals surface area (Å²) in [6.45, 7) is 4.73. The first kappa shape index (κ1) is 19.6. The number of carbonyl (C=O) groups excluding carboxylic acids is 1. The number of aromatic nitrogens is 1. The molecule has 4 nitrogen and oxygen atoms in total. The summed E-state index contributed by atoms with van der Waals surface area (Å²) in [6, 6.07) is 22.7. The molecule has 0 aliphatic heterocycles. The van der Waals surface area contributed by atoms with Gasteiger partial charge in [0.1, 0.15) is 11.3 Å². The van der Waals surface area contributed by atoms with Gasteiger partial charge in [-0.2, -0.15) is 0 Å². The van der Waals surface area contributed by atoms with Gasteiger partial charge >= 0.3 is 0 Å². The van der Waals surface area contributed by atoms with Crippen molar-refractivity contribution in [3.63, 3.8) is 0 Å². The average Bonchev–Trinajstić information content (AvgIpc) is 3.21. The number of aryl methyl sites for hydroxylation is 1. The predicted molar refractivity (Wildman–Crippen MR) is 120 cm³/mol. The van der Waals surface area contributed by atoms with E-state index in [0.717, 1.165) is 28.8 Å². The first-order valence-corrected chi connectivity index (χ1v) is 10.1. The van der Waals surface area contributed by atoms with Crippen LogP contribution in [0.5, 0.6) is 5.75 Å². The average molecular weight is 397 g/mol. The summed E-state index contributed by atoms with van der Waals surface area (Å²) < 4.78 is 11.5. The molecule has 30 heavy (non-hydrogen) atoms. The van der Waals surface area contributed by atoms with Crippen molar-refractivity contribution in [2.24, 2.45) is 0 Å². The van der Waals surface area contributed by atoms with Gasteiger partial charge in [0, 0.05) is 5.56 Å². The van der Waals surface area contributed by atoms with Gasteiger partial charge in [0.2, 0.25) is 5.89 Å². The lowest BCUT2D eigenvalue weighted by molar-refractivity contribution is 0.105. The maximum absolute atomic E-state index is 13.4. The Balaban J connectivity index is 1.74. The van der Waals surface area contributed by atoms with E-state index in [4.69, 9.17) is 9.15 Å². The van der Waals surface area contributed by atoms with Gasteiger partial charge in [0.15, 0.2) is 11.4 Å². The van der Waals surface area contributed by atoms with Crippen molar-refractivity contribution in [2.45, 2.75) is 20.3 Å². The summed E-state index contributed by atoms with van der Waals surface area (Å²) in [7, 11) is 0. The monoisotopic (exact) mass is 397 g/mol. The Morgan fingerprint density at radius 3 is 2.43 bits per heavy atom. The summed E-state index contributed by atoms with van der Waals surface area (Å²) >= 11 is 0. The molecule has 0 aliphatic carbocycles. The van der Waals surface area contributed by atoms with Crippen LogP contribution in [0, 0.1) is 6.92 Å². The Kier molecular flexibility index (Phi) is 5.75. The molecule has 0 saturated carbocycles. The fourth-order valence-corrected chi connectivity index (χ4v) is 3.12. The molecule has 0 bridgehead atoms. The summed E-state index contributed by atoms with van der Waals surface area (Å²) in [4.78, 5) is 18.0. The number of ether oxygens (including phenoxy) is 1. The van der Waals surface area contributed by atoms with E-state index in [9.17, 15) is 4.79 Å². The second kappa shape index (κ2) is 8.78. The third-order valence-corrected chi connectivity index (χ3v) is 4.75. The van der Waals surface area contributed by atoms with Gasteiger partial charge in [-0.3, -0.25) is 4.79 Å². The van der Waals surface area contributed by atoms with E-state index in [1.165, 1.54) is 0 Å². The normalized spacial score (nSPS) is 11.6. The lowest BCUT2D eigenvalue weighted by atomic mass is 10.0. The molecule has 4 aromatic rings. The molecule has 0 amide bonds. The summed E-state index contributed by atoms with van der Waals surface area (Å²) in [6.07, 6.45) is 2.76. The van der Waals surface area contributed by atoms with Crippen LogP contribution in [0.1, 0.15) is 40.7 Å². The molecular formula is C26H23NO3. The van der Waals surface area contributed by atoms with E-state index >= 15 is 0 Å². The van der Waals surface area contributed by atoms with Crippen molar-refractivity contribution < 1.29 is 13.9 Å². The van der Waals surface area contributed by atoms with Gasteiger partial charge in [0.25, 0.3) is 0 Å². The number of fused-ring (bicyclic) bond motifs is 1. The van der Waals surface area contributed by atoms with Crippen LogP contribution in [0.3, 0.4) is 0 Å². The molecule has 150 valence electrons. The lowest BCUT2D eigenvalue weighted by Crippen LogP contribution is -2.04. The topological polar surface area (TPSA) is 52.3 Å². The third kappa shape index (κ3) is 4.33. The molecule has 0 aliphatic rings. The van der Waals surface area contributed by atoms with Crippen LogP contribution in [0.4, 0.5) is 0 Å². The molecule has 4 heteroatoms. The fourth-order valence-electron chi connectivity index (χ4n) is 3.12. The fraction of sp³-hybridized carbons (Fsp3) is 0.154. The van der Waals surface area contributed by atoms with Crippen molar-refractivity contribution in [2.75, 3.05) is 6.61 Å². The molecular weight excluding hydrogens is 374 g/mol. The summed E-state index contributed by atoms with van der Waals surface area (Å²) in [5, 5.41) is 0. The van der Waals surface area contributed by atoms with Crippen molar-refractivity contribution in [1.29, 1.82) is 0 Å². The van der Waals surface area contributed by atoms with Crippen molar-refractivity contribution in [1.82, 2.24) is 4.98 Å². The van der Waals surface area contributed by atoms with Crippen LogP contribution in [-0.4, -0.2) is 17.4 Å². The minimum atomic E-state index is -0.149. The molecule has 4 rings (SSSR count). The Labute approximate surface area is 175 Å². The van der Waals surface area contributed by atoms with Gasteiger partial charge in [-0.15, -0.1) is 0 Å². The second-order valence-electron chi connectivity index (χ2n) is 7.16. The Bertz CT molecular complexity index is 1150. The molecule has 0 saturated heterocycles. The Morgan fingerprint density at radius 2 is 1.73 bits per heavy atom. The molecule has 1 heterocycles. The number of hydrogen-bond donors (Lipinski definition) is 0. The maximum atomic E-state index is 13.4. The molecule has 0 fully saturated rings. The van der Waals surface area contributed by atoms with Crippen LogP contribution < -0.4 is 4.74 Å². The van der Waals surface area contributed by atoms with Crippen LogP contribution in [0.15, 0.2) is 77.2 Å². The highest BCUT2D eigenvalue weighted by molar-refractivity contribution is 6.31. The van der Waals surface area contributed by atoms with Gasteiger partial charge in [0.05, 0.1) is 12.2 Å². The number of oxazole rings is 1. The largest absolute Gasteiger partial charge is 0.494 e. The van der Waals surface area contributed by atoms with Crippen molar-refractivity contribution >= 4 is 28.5 Å². The second-order valence-corrected chi connectivity index (χ2v) is 7.16. The minimum absolute atomic E-state index is 0.149. The number of rotatable bonds is 7. The number of ketones is 1. The van der Waals surface area contributed by atoms with Crippen molar-refractivity contribution in [3.8, 4) is 5.75 Å². The summed E-state index contributed by atoms with van der Waals surface area (Å²) in [5.74, 6) is 0.914. The highest BCUT2D eigenvalue weighted by atomic mass is 16.5. The van der Waals surface area contributed by atoms with E-state index in [0.29, 0.717) is 29.2 Å². The standard InChI is InChI=1S/C26H23NO3/c1-3-16-29-21-14-12-20(13-15-21)25(28)22(17-19-10-8-18(2)9-11-19)26-27-23-6-4-5-7-24(23)30-26/h4-15,17H,3,16H2,1-2H3. The smallest absolute Gasteiger partial charge is 0.231 e. The van der Waals surface area contributed by atoms with E-state index < -0.39 is 0 Å². The first-order chi connectivity index (χ1) is 14.6. The molecule has 1 aromatic heterocycles. The maximum Gasteiger partial charge on any atom is 0.231 e. The van der Waals surface area contributed by atoms with Gasteiger partial charge in [-0.25, -0.2) is 4.98 Å². The molecule has 3 aromatic carbocycles. The third-order valence-electron chi connectivity index (χ3n) is 4.75. The molecule has 0 unspecified atom stereocenters. The summed E-state index contributed by atoms with van der Waals surface area (Å²) in [5.41, 5.74) is 4.41. The van der Waals surface area contributed by atoms with E-state index in [2.05, 4.69) is 11.9 Å². The number of para-hydroxylation sites is 2. The molecule has 0 atom stereocenters. The van der Waals surface area contributed by atoms with Crippen LogP contribution in [-0.2, 0) is 0 Å². The Hall–Kier alpha value is -3.66. The number of nitrogens with zero attached hydrogens (tertiary/aromatic N) is 1.